The van der Waals surface area contributed by atoms with Crippen LogP contribution in [0.4, 0.5) is 10.8 Å². The van der Waals surface area contributed by atoms with Gasteiger partial charge in [0.1, 0.15) is 0 Å². The second-order valence-electron chi connectivity index (χ2n) is 7.64. The molecule has 1 aliphatic heterocycles. The molecule has 3 N–H and O–H groups in total. The van der Waals surface area contributed by atoms with Gasteiger partial charge in [0.2, 0.25) is 5.13 Å². The van der Waals surface area contributed by atoms with E-state index in [0.29, 0.717) is 30.1 Å². The molecule has 1 saturated heterocycles. The van der Waals surface area contributed by atoms with Crippen molar-refractivity contribution >= 4 is 44.0 Å². The number of amides is 2. The maximum atomic E-state index is 12.9. The van der Waals surface area contributed by atoms with Gasteiger partial charge in [0.05, 0.1) is 17.4 Å². The monoisotopic (exact) mass is 501 g/mol. The third kappa shape index (κ3) is 5.58. The number of ether oxygens (including phenoxy) is 1. The molecule has 12 heteroatoms. The summed E-state index contributed by atoms with van der Waals surface area (Å²) in [6.45, 7) is 2.82. The molecule has 3 aromatic rings. The summed E-state index contributed by atoms with van der Waals surface area (Å²) in [5.74, 6) is -0.836. The van der Waals surface area contributed by atoms with E-state index >= 15 is 0 Å². The van der Waals surface area contributed by atoms with E-state index in [9.17, 15) is 18.0 Å². The van der Waals surface area contributed by atoms with Crippen molar-refractivity contribution in [2.45, 2.75) is 30.2 Å². The first-order chi connectivity index (χ1) is 16.3. The van der Waals surface area contributed by atoms with Gasteiger partial charge in [-0.1, -0.05) is 41.7 Å². The predicted molar refractivity (Wildman–Crippen MR) is 128 cm³/mol. The van der Waals surface area contributed by atoms with Crippen molar-refractivity contribution in [3.63, 3.8) is 0 Å². The van der Waals surface area contributed by atoms with Crippen LogP contribution in [-0.2, 0) is 14.8 Å². The number of carbonyl (C=O) groups excluding carboxylic acids is 2. The third-order valence-electron chi connectivity index (χ3n) is 5.18. The number of hydrogen-bond acceptors (Lipinski definition) is 8. The smallest absolute Gasteiger partial charge is 0.291 e. The van der Waals surface area contributed by atoms with Crippen LogP contribution in [0.25, 0.3) is 0 Å². The summed E-state index contributed by atoms with van der Waals surface area (Å²) < 4.78 is 33.3. The Labute approximate surface area is 200 Å². The van der Waals surface area contributed by atoms with Gasteiger partial charge in [0, 0.05) is 18.7 Å². The Kier molecular flexibility index (Phi) is 7.20. The van der Waals surface area contributed by atoms with Crippen molar-refractivity contribution in [2.75, 3.05) is 23.2 Å². The molecule has 1 unspecified atom stereocenters. The minimum atomic E-state index is -4.15. The molecule has 1 aromatic heterocycles. The number of para-hydroxylation sites is 1. The Morgan fingerprint density at radius 2 is 1.79 bits per heavy atom. The maximum absolute atomic E-state index is 12.9. The number of rotatable bonds is 8. The summed E-state index contributed by atoms with van der Waals surface area (Å²) in [5.41, 5.74) is 1.49. The van der Waals surface area contributed by atoms with Crippen molar-refractivity contribution in [3.8, 4) is 0 Å². The highest BCUT2D eigenvalue weighted by atomic mass is 32.2. The van der Waals surface area contributed by atoms with Crippen molar-refractivity contribution in [2.24, 2.45) is 0 Å². The molecule has 2 aromatic carbocycles. The standard InChI is InChI=1S/C22H23N5O5S2/c1-14-7-2-3-9-16(14)20(29)24-21-25-26-22(33-21)34(30,31)27-18-11-5-4-10-17(18)19(28)23-13-15-8-6-12-32-15/h2-5,7,9-11,15,27H,6,8,12-13H2,1H3,(H,23,28)(H,24,25,29). The zero-order valence-electron chi connectivity index (χ0n) is 18.3. The molecule has 34 heavy (non-hydrogen) atoms. The molecule has 2 heterocycles. The minimum Gasteiger partial charge on any atom is -0.376 e. The fourth-order valence-electron chi connectivity index (χ4n) is 3.43. The largest absolute Gasteiger partial charge is 0.376 e. The molecule has 178 valence electrons. The second-order valence-corrected chi connectivity index (χ2v) is 10.5. The van der Waals surface area contributed by atoms with Crippen molar-refractivity contribution in [1.29, 1.82) is 0 Å². The van der Waals surface area contributed by atoms with Crippen LogP contribution in [0, 0.1) is 6.92 Å². The number of benzene rings is 2. The number of aryl methyl sites for hydroxylation is 1. The molecule has 0 radical (unpaired) electrons. The minimum absolute atomic E-state index is 0.0382. The predicted octanol–water partition coefficient (Wildman–Crippen LogP) is 2.81. The zero-order chi connectivity index (χ0) is 24.1. The average molecular weight is 502 g/mol. The number of anilines is 2. The van der Waals surface area contributed by atoms with E-state index in [1.54, 1.807) is 37.3 Å². The lowest BCUT2D eigenvalue weighted by Gasteiger charge is -2.13. The van der Waals surface area contributed by atoms with Crippen LogP contribution in [0.1, 0.15) is 39.1 Å². The van der Waals surface area contributed by atoms with Gasteiger partial charge in [-0.25, -0.2) is 0 Å². The molecule has 2 amide bonds. The maximum Gasteiger partial charge on any atom is 0.291 e. The Bertz CT molecular complexity index is 1300. The lowest BCUT2D eigenvalue weighted by atomic mass is 10.1. The summed E-state index contributed by atoms with van der Waals surface area (Å²) in [4.78, 5) is 25.1. The molecule has 0 spiro atoms. The number of nitrogens with one attached hydrogen (secondary N) is 3. The van der Waals surface area contributed by atoms with Gasteiger partial charge < -0.3 is 10.1 Å². The quantitative estimate of drug-likeness (QED) is 0.403. The van der Waals surface area contributed by atoms with Crippen molar-refractivity contribution in [3.05, 3.63) is 65.2 Å². The van der Waals surface area contributed by atoms with Crippen LogP contribution in [0.5, 0.6) is 0 Å². The Balaban J connectivity index is 1.45. The Morgan fingerprint density at radius 1 is 1.06 bits per heavy atom. The first-order valence-electron chi connectivity index (χ1n) is 10.6. The van der Waals surface area contributed by atoms with Crippen molar-refractivity contribution < 1.29 is 22.7 Å². The highest BCUT2D eigenvalue weighted by molar-refractivity contribution is 7.94. The summed E-state index contributed by atoms with van der Waals surface area (Å²) in [6.07, 6.45) is 1.78. The fourth-order valence-corrected chi connectivity index (χ4v) is 5.40. The van der Waals surface area contributed by atoms with Gasteiger partial charge in [0.15, 0.2) is 0 Å². The average Bonchev–Trinajstić information content (AvgIpc) is 3.50. The summed E-state index contributed by atoms with van der Waals surface area (Å²) in [7, 11) is -4.15. The van der Waals surface area contributed by atoms with Gasteiger partial charge >= 0.3 is 0 Å². The molecule has 0 saturated carbocycles. The topological polar surface area (TPSA) is 139 Å². The molecule has 1 fully saturated rings. The van der Waals surface area contributed by atoms with Crippen LogP contribution in [0.15, 0.2) is 52.9 Å². The van der Waals surface area contributed by atoms with Gasteiger partial charge in [0.25, 0.3) is 26.2 Å². The first-order valence-corrected chi connectivity index (χ1v) is 12.9. The summed E-state index contributed by atoms with van der Waals surface area (Å²) >= 11 is 0.708. The molecular formula is C22H23N5O5S2. The highest BCUT2D eigenvalue weighted by Gasteiger charge is 2.24. The van der Waals surface area contributed by atoms with Gasteiger partial charge in [-0.3, -0.25) is 19.6 Å². The van der Waals surface area contributed by atoms with Crippen LogP contribution in [0.2, 0.25) is 0 Å². The zero-order valence-corrected chi connectivity index (χ0v) is 19.9. The van der Waals surface area contributed by atoms with Crippen LogP contribution in [0.3, 0.4) is 0 Å². The second kappa shape index (κ2) is 10.3. The van der Waals surface area contributed by atoms with Gasteiger partial charge in [-0.05, 0) is 43.5 Å². The summed E-state index contributed by atoms with van der Waals surface area (Å²) in [5, 5.41) is 12.9. The lowest BCUT2D eigenvalue weighted by Crippen LogP contribution is -2.32. The van der Waals surface area contributed by atoms with E-state index in [0.717, 1.165) is 18.4 Å². The normalized spacial score (nSPS) is 15.6. The van der Waals surface area contributed by atoms with Crippen LogP contribution >= 0.6 is 11.3 Å². The fraction of sp³-hybridized carbons (Fsp3) is 0.273. The Hall–Kier alpha value is -3.35. The first kappa shape index (κ1) is 23.8. The third-order valence-corrected chi connectivity index (χ3v) is 7.75. The van der Waals surface area contributed by atoms with E-state index in [4.69, 9.17) is 4.74 Å². The Morgan fingerprint density at radius 3 is 2.53 bits per heavy atom. The number of hydrogen-bond donors (Lipinski definition) is 3. The van der Waals surface area contributed by atoms with Crippen LogP contribution < -0.4 is 15.4 Å². The van der Waals surface area contributed by atoms with Gasteiger partial charge in [-0.15, -0.1) is 10.2 Å². The SMILES string of the molecule is Cc1ccccc1C(=O)Nc1nnc(S(=O)(=O)Nc2ccccc2C(=O)NCC2CCCO2)s1. The highest BCUT2D eigenvalue weighted by Crippen LogP contribution is 2.25. The van der Waals surface area contributed by atoms with E-state index in [1.165, 1.54) is 12.1 Å². The number of sulfonamides is 1. The summed E-state index contributed by atoms with van der Waals surface area (Å²) in [6, 6.07) is 13.3. The lowest BCUT2D eigenvalue weighted by molar-refractivity contribution is 0.0858. The molecular weight excluding hydrogens is 478 g/mol. The van der Waals surface area contributed by atoms with E-state index in [2.05, 4.69) is 25.6 Å². The molecule has 4 rings (SSSR count). The number of carbonyl (C=O) groups is 2. The molecule has 0 bridgehead atoms. The van der Waals surface area contributed by atoms with Crippen molar-refractivity contribution in [1.82, 2.24) is 15.5 Å². The molecule has 0 aliphatic carbocycles. The van der Waals surface area contributed by atoms with Gasteiger partial charge in [-0.2, -0.15) is 8.42 Å². The molecule has 1 atom stereocenters. The number of nitrogens with zero attached hydrogens (tertiary/aromatic N) is 2. The molecule has 1 aliphatic rings. The van der Waals surface area contributed by atoms with E-state index in [-0.39, 0.29) is 26.8 Å². The van der Waals surface area contributed by atoms with Crippen LogP contribution in [-0.4, -0.2) is 49.7 Å². The van der Waals surface area contributed by atoms with E-state index < -0.39 is 21.8 Å². The van der Waals surface area contributed by atoms with E-state index in [1.807, 2.05) is 6.07 Å². The molecule has 10 nitrogen and oxygen atoms in total. The number of aromatic nitrogens is 2.